The predicted molar refractivity (Wildman–Crippen MR) is 113 cm³/mol. The number of imide groups is 1. The van der Waals surface area contributed by atoms with Crippen LogP contribution < -0.4 is 19.7 Å². The molecular weight excluding hydrogens is 388 g/mol. The second-order valence-electron chi connectivity index (χ2n) is 6.35. The third kappa shape index (κ3) is 4.23. The SMILES string of the molecule is COc1ccc(/C=C2/SC(=O)NC2=O)cc1C#CCN1CCOc2ccccc21. The molecule has 2 aromatic rings. The van der Waals surface area contributed by atoms with Crippen LogP contribution in [0.1, 0.15) is 11.1 Å². The van der Waals surface area contributed by atoms with Gasteiger partial charge in [-0.05, 0) is 47.7 Å². The minimum absolute atomic E-state index is 0.361. The van der Waals surface area contributed by atoms with Crippen molar-refractivity contribution in [3.8, 4) is 23.3 Å². The Morgan fingerprint density at radius 2 is 2.14 bits per heavy atom. The molecule has 0 atom stereocenters. The summed E-state index contributed by atoms with van der Waals surface area (Å²) in [6, 6.07) is 13.4. The van der Waals surface area contributed by atoms with Gasteiger partial charge in [-0.2, -0.15) is 0 Å². The van der Waals surface area contributed by atoms with Crippen molar-refractivity contribution in [2.45, 2.75) is 0 Å². The van der Waals surface area contributed by atoms with E-state index in [1.165, 1.54) is 0 Å². The summed E-state index contributed by atoms with van der Waals surface area (Å²) in [5.74, 6) is 7.51. The monoisotopic (exact) mass is 406 g/mol. The van der Waals surface area contributed by atoms with Crippen molar-refractivity contribution < 1.29 is 19.1 Å². The summed E-state index contributed by atoms with van der Waals surface area (Å²) >= 11 is 0.890. The van der Waals surface area contributed by atoms with Gasteiger partial charge in [0.05, 0.1) is 36.4 Å². The maximum Gasteiger partial charge on any atom is 0.290 e. The van der Waals surface area contributed by atoms with E-state index < -0.39 is 0 Å². The van der Waals surface area contributed by atoms with E-state index >= 15 is 0 Å². The fourth-order valence-electron chi connectivity index (χ4n) is 3.11. The average molecular weight is 406 g/mol. The van der Waals surface area contributed by atoms with E-state index in [-0.39, 0.29) is 11.1 Å². The molecule has 146 valence electrons. The van der Waals surface area contributed by atoms with Gasteiger partial charge in [-0.3, -0.25) is 14.9 Å². The van der Waals surface area contributed by atoms with Crippen LogP contribution in [0.5, 0.6) is 11.5 Å². The summed E-state index contributed by atoms with van der Waals surface area (Å²) in [5, 5.41) is 1.89. The van der Waals surface area contributed by atoms with Gasteiger partial charge in [-0.15, -0.1) is 0 Å². The van der Waals surface area contributed by atoms with E-state index in [1.807, 2.05) is 36.4 Å². The lowest BCUT2D eigenvalue weighted by atomic mass is 10.1. The van der Waals surface area contributed by atoms with Crippen molar-refractivity contribution in [1.29, 1.82) is 0 Å². The van der Waals surface area contributed by atoms with Crippen molar-refractivity contribution in [3.63, 3.8) is 0 Å². The van der Waals surface area contributed by atoms with Crippen molar-refractivity contribution in [2.24, 2.45) is 0 Å². The van der Waals surface area contributed by atoms with Crippen molar-refractivity contribution >= 4 is 34.7 Å². The first-order valence-corrected chi connectivity index (χ1v) is 9.84. The number of amides is 2. The smallest absolute Gasteiger partial charge is 0.290 e. The summed E-state index contributed by atoms with van der Waals surface area (Å²) in [5.41, 5.74) is 2.53. The number of hydrogen-bond donors (Lipinski definition) is 1. The molecule has 0 aromatic heterocycles. The Hall–Kier alpha value is -3.37. The van der Waals surface area contributed by atoms with Crippen LogP contribution >= 0.6 is 11.8 Å². The van der Waals surface area contributed by atoms with E-state index in [4.69, 9.17) is 9.47 Å². The Balaban J connectivity index is 1.56. The Kier molecular flexibility index (Phi) is 5.45. The van der Waals surface area contributed by atoms with E-state index in [2.05, 4.69) is 22.1 Å². The molecule has 0 saturated carbocycles. The van der Waals surface area contributed by atoms with Crippen LogP contribution in [0, 0.1) is 11.8 Å². The van der Waals surface area contributed by atoms with Gasteiger partial charge in [0, 0.05) is 0 Å². The number of nitrogens with one attached hydrogen (secondary N) is 1. The molecule has 2 aliphatic rings. The molecule has 4 rings (SSSR count). The summed E-state index contributed by atoms with van der Waals surface area (Å²) in [6.45, 7) is 1.96. The largest absolute Gasteiger partial charge is 0.495 e. The van der Waals surface area contributed by atoms with Crippen molar-refractivity contribution in [2.75, 3.05) is 31.7 Å². The fraction of sp³-hybridized carbons (Fsp3) is 0.182. The van der Waals surface area contributed by atoms with E-state index in [0.717, 1.165) is 40.9 Å². The normalized spacial score (nSPS) is 16.6. The summed E-state index contributed by atoms with van der Waals surface area (Å²) < 4.78 is 11.1. The number of hydrogen-bond acceptors (Lipinski definition) is 6. The average Bonchev–Trinajstić information content (AvgIpc) is 3.05. The van der Waals surface area contributed by atoms with Gasteiger partial charge in [0.1, 0.15) is 18.1 Å². The number of benzene rings is 2. The predicted octanol–water partition coefficient (Wildman–Crippen LogP) is 3.27. The zero-order valence-corrected chi connectivity index (χ0v) is 16.5. The van der Waals surface area contributed by atoms with Gasteiger partial charge in [-0.25, -0.2) is 0 Å². The number of nitrogens with zero attached hydrogens (tertiary/aromatic N) is 1. The molecule has 2 heterocycles. The number of fused-ring (bicyclic) bond motifs is 1. The van der Waals surface area contributed by atoms with Crippen LogP contribution in [-0.4, -0.2) is 38.0 Å². The zero-order valence-electron chi connectivity index (χ0n) is 15.7. The molecule has 0 unspecified atom stereocenters. The van der Waals surface area contributed by atoms with Gasteiger partial charge < -0.3 is 14.4 Å². The summed E-state index contributed by atoms with van der Waals surface area (Å²) in [7, 11) is 1.59. The number of thioether (sulfide) groups is 1. The molecule has 1 N–H and O–H groups in total. The quantitative estimate of drug-likeness (QED) is 0.623. The molecule has 0 bridgehead atoms. The Bertz CT molecular complexity index is 1070. The van der Waals surface area contributed by atoms with Crippen molar-refractivity contribution in [3.05, 3.63) is 58.5 Å². The fourth-order valence-corrected chi connectivity index (χ4v) is 3.79. The van der Waals surface area contributed by atoms with E-state index in [9.17, 15) is 9.59 Å². The van der Waals surface area contributed by atoms with Crippen LogP contribution in [-0.2, 0) is 4.79 Å². The standard InChI is InChI=1S/C22H18N2O4S/c1-27-18-9-8-15(14-20-21(25)23-22(26)29-20)13-16(18)5-4-10-24-11-12-28-19-7-3-2-6-17(19)24/h2-3,6-9,13-14H,10-12H2,1H3,(H,23,25,26)/b20-14+. The highest BCUT2D eigenvalue weighted by molar-refractivity contribution is 8.18. The topological polar surface area (TPSA) is 67.9 Å². The molecular formula is C22H18N2O4S. The minimum atomic E-state index is -0.380. The number of para-hydroxylation sites is 2. The number of anilines is 1. The summed E-state index contributed by atoms with van der Waals surface area (Å²) in [6.07, 6.45) is 1.67. The van der Waals surface area contributed by atoms with Gasteiger partial charge in [0.2, 0.25) is 0 Å². The molecule has 1 fully saturated rings. The highest BCUT2D eigenvalue weighted by Gasteiger charge is 2.25. The first-order valence-electron chi connectivity index (χ1n) is 9.02. The molecule has 0 spiro atoms. The van der Waals surface area contributed by atoms with Crippen LogP contribution in [0.3, 0.4) is 0 Å². The first kappa shape index (κ1) is 19.0. The maximum absolute atomic E-state index is 11.8. The van der Waals surface area contributed by atoms with E-state index in [0.29, 0.717) is 23.8 Å². The molecule has 29 heavy (non-hydrogen) atoms. The Labute approximate surface area is 172 Å². The zero-order chi connectivity index (χ0) is 20.2. The lowest BCUT2D eigenvalue weighted by Crippen LogP contribution is -2.32. The third-order valence-electron chi connectivity index (χ3n) is 4.48. The van der Waals surface area contributed by atoms with Crippen LogP contribution in [0.15, 0.2) is 47.4 Å². The molecule has 0 aliphatic carbocycles. The third-order valence-corrected chi connectivity index (χ3v) is 5.29. The first-order chi connectivity index (χ1) is 14.1. The van der Waals surface area contributed by atoms with Gasteiger partial charge in [0.25, 0.3) is 11.1 Å². The number of methoxy groups -OCH3 is 1. The number of carbonyl (C=O) groups excluding carboxylic acids is 2. The molecule has 1 saturated heterocycles. The second-order valence-corrected chi connectivity index (χ2v) is 7.37. The lowest BCUT2D eigenvalue weighted by Gasteiger charge is -2.29. The van der Waals surface area contributed by atoms with Gasteiger partial charge >= 0.3 is 0 Å². The van der Waals surface area contributed by atoms with Crippen molar-refractivity contribution in [1.82, 2.24) is 5.32 Å². The van der Waals surface area contributed by atoms with Crippen LogP contribution in [0.4, 0.5) is 10.5 Å². The number of ether oxygens (including phenoxy) is 2. The van der Waals surface area contributed by atoms with Crippen LogP contribution in [0.2, 0.25) is 0 Å². The Morgan fingerprint density at radius 3 is 2.93 bits per heavy atom. The lowest BCUT2D eigenvalue weighted by molar-refractivity contribution is -0.115. The molecule has 7 heteroatoms. The second kappa shape index (κ2) is 8.33. The van der Waals surface area contributed by atoms with Gasteiger partial charge in [-0.1, -0.05) is 30.0 Å². The highest BCUT2D eigenvalue weighted by atomic mass is 32.2. The minimum Gasteiger partial charge on any atom is -0.495 e. The number of carbonyl (C=O) groups is 2. The summed E-state index contributed by atoms with van der Waals surface area (Å²) in [4.78, 5) is 25.6. The number of rotatable bonds is 3. The maximum atomic E-state index is 11.8. The Morgan fingerprint density at radius 1 is 1.28 bits per heavy atom. The molecule has 2 aliphatic heterocycles. The highest BCUT2D eigenvalue weighted by Crippen LogP contribution is 2.30. The van der Waals surface area contributed by atoms with Crippen LogP contribution in [0.25, 0.3) is 6.08 Å². The van der Waals surface area contributed by atoms with E-state index in [1.54, 1.807) is 19.3 Å². The molecule has 2 amide bonds. The molecule has 6 nitrogen and oxygen atoms in total. The molecule has 2 aromatic carbocycles. The molecule has 0 radical (unpaired) electrons. The van der Waals surface area contributed by atoms with Gasteiger partial charge in [0.15, 0.2) is 0 Å².